The maximum atomic E-state index is 13.4. The number of anilines is 2. The zero-order chi connectivity index (χ0) is 28.8. The summed E-state index contributed by atoms with van der Waals surface area (Å²) in [4.78, 5) is 27.4. The number of nitrogens with zero attached hydrogens (tertiary/aromatic N) is 3. The topological polar surface area (TPSA) is 88.5 Å². The highest BCUT2D eigenvalue weighted by atomic mass is 19.4. The Bertz CT molecular complexity index is 1300. The van der Waals surface area contributed by atoms with E-state index in [-0.39, 0.29) is 17.6 Å². The van der Waals surface area contributed by atoms with Crippen LogP contribution < -0.4 is 10.6 Å². The average Bonchev–Trinajstić information content (AvgIpc) is 3.27. The average molecular weight is 546 g/mol. The van der Waals surface area contributed by atoms with Crippen LogP contribution in [0, 0.1) is 6.92 Å². The first-order valence-corrected chi connectivity index (χ1v) is 12.5. The first kappa shape index (κ1) is 29.7. The summed E-state index contributed by atoms with van der Waals surface area (Å²) in [6.07, 6.45) is -4.27. The van der Waals surface area contributed by atoms with E-state index in [1.165, 1.54) is 25.3 Å². The number of benzene rings is 2. The van der Waals surface area contributed by atoms with Crippen molar-refractivity contribution in [1.82, 2.24) is 14.7 Å². The van der Waals surface area contributed by atoms with Gasteiger partial charge in [-0.1, -0.05) is 45.0 Å². The summed E-state index contributed by atoms with van der Waals surface area (Å²) in [5.41, 5.74) is 0.845. The summed E-state index contributed by atoms with van der Waals surface area (Å²) in [6.45, 7) is 7.95. The van der Waals surface area contributed by atoms with Crippen molar-refractivity contribution in [3.63, 3.8) is 0 Å². The lowest BCUT2D eigenvalue weighted by molar-refractivity contribution is -0.137. The van der Waals surface area contributed by atoms with E-state index in [0.717, 1.165) is 27.9 Å². The number of ether oxygens (including phenoxy) is 1. The maximum absolute atomic E-state index is 13.4. The minimum absolute atomic E-state index is 0.0889. The van der Waals surface area contributed by atoms with Crippen LogP contribution in [0.5, 0.6) is 0 Å². The summed E-state index contributed by atoms with van der Waals surface area (Å²) in [5.74, 6) is -0.115. The fourth-order valence-electron chi connectivity index (χ4n) is 3.83. The molecular weight excluding hydrogens is 511 g/mol. The smallest absolute Gasteiger partial charge is 0.385 e. The molecule has 0 aliphatic carbocycles. The summed E-state index contributed by atoms with van der Waals surface area (Å²) in [5, 5.41) is 9.83. The lowest BCUT2D eigenvalue weighted by Gasteiger charge is -2.23. The molecule has 0 spiro atoms. The summed E-state index contributed by atoms with van der Waals surface area (Å²) < 4.78 is 47.0. The Morgan fingerprint density at radius 1 is 1.03 bits per heavy atom. The number of rotatable bonds is 9. The highest BCUT2D eigenvalue weighted by Crippen LogP contribution is 2.34. The molecule has 1 aromatic heterocycles. The van der Waals surface area contributed by atoms with Crippen LogP contribution in [0.25, 0.3) is 5.69 Å². The normalized spacial score (nSPS) is 11.8. The number of aromatic nitrogens is 2. The molecule has 3 rings (SSSR count). The van der Waals surface area contributed by atoms with Gasteiger partial charge in [0.2, 0.25) is 5.91 Å². The van der Waals surface area contributed by atoms with Crippen molar-refractivity contribution in [3.8, 4) is 5.69 Å². The third-order valence-electron chi connectivity index (χ3n) is 5.86. The molecule has 210 valence electrons. The van der Waals surface area contributed by atoms with Crippen LogP contribution in [0.3, 0.4) is 0 Å². The number of aryl methyl sites for hydroxylation is 1. The number of hydrogen-bond acceptors (Lipinski definition) is 4. The zero-order valence-corrected chi connectivity index (χ0v) is 22.7. The molecule has 0 fully saturated rings. The molecule has 0 saturated carbocycles. The molecule has 39 heavy (non-hydrogen) atoms. The number of amides is 3. The maximum Gasteiger partial charge on any atom is 0.418 e. The van der Waals surface area contributed by atoms with Crippen molar-refractivity contribution in [2.45, 2.75) is 45.7 Å². The molecule has 0 unspecified atom stereocenters. The van der Waals surface area contributed by atoms with Crippen molar-refractivity contribution >= 4 is 23.4 Å². The van der Waals surface area contributed by atoms with Gasteiger partial charge in [-0.2, -0.15) is 18.3 Å². The number of para-hydroxylation sites is 1. The molecule has 2 aromatic carbocycles. The molecule has 2 N–H and O–H groups in total. The molecule has 1 heterocycles. The number of nitrogens with one attached hydrogen (secondary N) is 2. The minimum atomic E-state index is -4.65. The van der Waals surface area contributed by atoms with Crippen molar-refractivity contribution in [1.29, 1.82) is 0 Å². The molecule has 11 heteroatoms. The SMILES string of the molecule is COCCCN(CC(=O)Nc1cc(C(C)(C)C)nn1-c1cccc(C)c1)C(=O)Nc1ccccc1C(F)(F)F. The molecule has 0 atom stereocenters. The fraction of sp³-hybridized carbons (Fsp3) is 0.393. The highest BCUT2D eigenvalue weighted by molar-refractivity contribution is 5.97. The standard InChI is InChI=1S/C28H34F3N5O3/c1-19-10-8-11-20(16-19)36-24(17-23(34-36)27(2,3)4)33-25(37)18-35(14-9-15-39-5)26(38)32-22-13-7-6-12-21(22)28(29,30)31/h6-8,10-13,16-17H,9,14-15,18H2,1-5H3,(H,32,38)(H,33,37). The van der Waals surface area contributed by atoms with Crippen LogP contribution in [-0.4, -0.2) is 53.4 Å². The second kappa shape index (κ2) is 12.3. The molecule has 0 aliphatic heterocycles. The number of urea groups is 1. The number of carbonyl (C=O) groups is 2. The zero-order valence-electron chi connectivity index (χ0n) is 22.7. The first-order chi connectivity index (χ1) is 18.3. The molecule has 3 aromatic rings. The molecule has 3 amide bonds. The van der Waals surface area contributed by atoms with E-state index >= 15 is 0 Å². The molecule has 0 bridgehead atoms. The molecule has 8 nitrogen and oxygen atoms in total. The van der Waals surface area contributed by atoms with Crippen LogP contribution >= 0.6 is 0 Å². The highest BCUT2D eigenvalue weighted by Gasteiger charge is 2.34. The minimum Gasteiger partial charge on any atom is -0.385 e. The Labute approximate surface area is 226 Å². The van der Waals surface area contributed by atoms with Gasteiger partial charge in [0.25, 0.3) is 0 Å². The van der Waals surface area contributed by atoms with Gasteiger partial charge in [0.05, 0.1) is 22.6 Å². The predicted octanol–water partition coefficient (Wildman–Crippen LogP) is 6.01. The van der Waals surface area contributed by atoms with Gasteiger partial charge >= 0.3 is 12.2 Å². The van der Waals surface area contributed by atoms with Gasteiger partial charge in [-0.25, -0.2) is 9.48 Å². The van der Waals surface area contributed by atoms with Crippen LogP contribution in [0.4, 0.5) is 29.5 Å². The van der Waals surface area contributed by atoms with Crippen LogP contribution in [0.1, 0.15) is 44.0 Å². The van der Waals surface area contributed by atoms with Gasteiger partial charge in [-0.15, -0.1) is 0 Å². The van der Waals surface area contributed by atoms with Crippen molar-refractivity contribution < 1.29 is 27.5 Å². The molecular formula is C28H34F3N5O3. The van der Waals surface area contributed by atoms with E-state index < -0.39 is 30.2 Å². The molecule has 0 saturated heterocycles. The predicted molar refractivity (Wildman–Crippen MR) is 144 cm³/mol. The monoisotopic (exact) mass is 545 g/mol. The van der Waals surface area contributed by atoms with Gasteiger partial charge in [-0.05, 0) is 43.2 Å². The number of alkyl halides is 3. The van der Waals surface area contributed by atoms with E-state index in [4.69, 9.17) is 9.84 Å². The van der Waals surface area contributed by atoms with E-state index in [1.54, 1.807) is 10.7 Å². The van der Waals surface area contributed by atoms with E-state index in [1.807, 2.05) is 52.0 Å². The third kappa shape index (κ3) is 8.06. The Hall–Kier alpha value is -3.86. The quantitative estimate of drug-likeness (QED) is 0.323. The lowest BCUT2D eigenvalue weighted by atomic mass is 9.92. The Morgan fingerprint density at radius 3 is 2.38 bits per heavy atom. The second-order valence-electron chi connectivity index (χ2n) is 10.2. The Morgan fingerprint density at radius 2 is 1.74 bits per heavy atom. The second-order valence-corrected chi connectivity index (χ2v) is 10.2. The first-order valence-electron chi connectivity index (χ1n) is 12.5. The Kier molecular flexibility index (Phi) is 9.39. The number of carbonyl (C=O) groups excluding carboxylic acids is 2. The van der Waals surface area contributed by atoms with Gasteiger partial charge in [0.15, 0.2) is 0 Å². The largest absolute Gasteiger partial charge is 0.418 e. The van der Waals surface area contributed by atoms with Gasteiger partial charge in [0.1, 0.15) is 12.4 Å². The van der Waals surface area contributed by atoms with Crippen LogP contribution in [-0.2, 0) is 21.1 Å². The fourth-order valence-corrected chi connectivity index (χ4v) is 3.83. The number of hydrogen-bond donors (Lipinski definition) is 2. The van der Waals surface area contributed by atoms with Crippen molar-refractivity contribution in [2.24, 2.45) is 0 Å². The van der Waals surface area contributed by atoms with Crippen LogP contribution in [0.2, 0.25) is 0 Å². The molecule has 0 radical (unpaired) electrons. The summed E-state index contributed by atoms with van der Waals surface area (Å²) in [6, 6.07) is 13.3. The summed E-state index contributed by atoms with van der Waals surface area (Å²) in [7, 11) is 1.50. The van der Waals surface area contributed by atoms with E-state index in [2.05, 4.69) is 10.6 Å². The number of halogens is 3. The van der Waals surface area contributed by atoms with Gasteiger partial charge < -0.3 is 20.3 Å². The molecule has 0 aliphatic rings. The third-order valence-corrected chi connectivity index (χ3v) is 5.86. The van der Waals surface area contributed by atoms with Crippen molar-refractivity contribution in [3.05, 3.63) is 71.4 Å². The lowest BCUT2D eigenvalue weighted by Crippen LogP contribution is -2.42. The van der Waals surface area contributed by atoms with Crippen molar-refractivity contribution in [2.75, 3.05) is 37.4 Å². The van der Waals surface area contributed by atoms with Gasteiger partial charge in [0, 0.05) is 31.7 Å². The summed E-state index contributed by atoms with van der Waals surface area (Å²) >= 11 is 0. The van der Waals surface area contributed by atoms with E-state index in [9.17, 15) is 22.8 Å². The van der Waals surface area contributed by atoms with Gasteiger partial charge in [-0.3, -0.25) is 4.79 Å². The van der Waals surface area contributed by atoms with E-state index in [0.29, 0.717) is 18.8 Å². The Balaban J connectivity index is 1.84. The number of methoxy groups -OCH3 is 1. The van der Waals surface area contributed by atoms with Crippen LogP contribution in [0.15, 0.2) is 54.6 Å².